The van der Waals surface area contributed by atoms with Crippen LogP contribution in [0, 0.1) is 17.8 Å². The molecule has 0 aromatic rings. The smallest absolute Gasteiger partial charge is 0.239 e. The number of hydrogen-bond donors (Lipinski definition) is 1. The highest BCUT2D eigenvalue weighted by atomic mass is 16.2. The van der Waals surface area contributed by atoms with Gasteiger partial charge in [0.1, 0.15) is 0 Å². The van der Waals surface area contributed by atoms with Gasteiger partial charge in [-0.3, -0.25) is 4.79 Å². The molecule has 0 spiro atoms. The summed E-state index contributed by atoms with van der Waals surface area (Å²) in [6.45, 7) is 6.18. The molecular weight excluding hydrogens is 212 g/mol. The van der Waals surface area contributed by atoms with Gasteiger partial charge in [0, 0.05) is 13.1 Å². The Hall–Kier alpha value is -0.570. The van der Waals surface area contributed by atoms with Crippen LogP contribution in [0.2, 0.25) is 0 Å². The first-order valence-electron chi connectivity index (χ1n) is 7.12. The third-order valence-electron chi connectivity index (χ3n) is 4.33. The number of likely N-dealkylation sites (tertiary alicyclic amines) is 1. The van der Waals surface area contributed by atoms with Gasteiger partial charge in [-0.2, -0.15) is 0 Å². The van der Waals surface area contributed by atoms with Crippen LogP contribution in [-0.2, 0) is 4.79 Å². The van der Waals surface area contributed by atoms with Crippen LogP contribution in [0.25, 0.3) is 0 Å². The minimum absolute atomic E-state index is 0.188. The van der Waals surface area contributed by atoms with Gasteiger partial charge in [0.15, 0.2) is 0 Å². The number of carbonyl (C=O) groups excluding carboxylic acids is 1. The van der Waals surface area contributed by atoms with Gasteiger partial charge >= 0.3 is 0 Å². The van der Waals surface area contributed by atoms with E-state index in [4.69, 9.17) is 5.73 Å². The molecule has 3 heteroatoms. The molecule has 17 heavy (non-hydrogen) atoms. The van der Waals surface area contributed by atoms with E-state index in [0.29, 0.717) is 5.92 Å². The Labute approximate surface area is 105 Å². The molecule has 1 amide bonds. The van der Waals surface area contributed by atoms with E-state index in [1.54, 1.807) is 0 Å². The number of amides is 1. The van der Waals surface area contributed by atoms with Gasteiger partial charge in [0.2, 0.25) is 5.91 Å². The van der Waals surface area contributed by atoms with Crippen molar-refractivity contribution < 1.29 is 4.79 Å². The summed E-state index contributed by atoms with van der Waals surface area (Å²) in [5, 5.41) is 0. The van der Waals surface area contributed by atoms with Crippen LogP contribution in [0.15, 0.2) is 0 Å². The average molecular weight is 238 g/mol. The fourth-order valence-corrected chi connectivity index (χ4v) is 3.43. The molecule has 1 heterocycles. The standard InChI is InChI=1S/C14H26N2O/c1-10(2)7-13(15)14(17)16-8-11-5-3-4-6-12(11)9-16/h10-13H,3-9,15H2,1-2H3/t11-,12-,13+/m1/s1. The zero-order valence-electron chi connectivity index (χ0n) is 11.2. The summed E-state index contributed by atoms with van der Waals surface area (Å²) < 4.78 is 0. The van der Waals surface area contributed by atoms with Crippen molar-refractivity contribution >= 4 is 5.91 Å². The van der Waals surface area contributed by atoms with Crippen LogP contribution in [0.4, 0.5) is 0 Å². The highest BCUT2D eigenvalue weighted by Gasteiger charge is 2.37. The predicted molar refractivity (Wildman–Crippen MR) is 69.5 cm³/mol. The highest BCUT2D eigenvalue weighted by Crippen LogP contribution is 2.36. The molecule has 98 valence electrons. The number of fused-ring (bicyclic) bond motifs is 1. The Bertz CT molecular complexity index is 263. The lowest BCUT2D eigenvalue weighted by Gasteiger charge is -2.22. The summed E-state index contributed by atoms with van der Waals surface area (Å²) in [5.74, 6) is 2.21. The summed E-state index contributed by atoms with van der Waals surface area (Å²) >= 11 is 0. The highest BCUT2D eigenvalue weighted by molar-refractivity contribution is 5.81. The maximum Gasteiger partial charge on any atom is 0.239 e. The first kappa shape index (κ1) is 12.9. The van der Waals surface area contributed by atoms with Crippen LogP contribution >= 0.6 is 0 Å². The summed E-state index contributed by atoms with van der Waals surface area (Å²) in [7, 11) is 0. The van der Waals surface area contributed by atoms with Crippen molar-refractivity contribution in [3.8, 4) is 0 Å². The van der Waals surface area contributed by atoms with E-state index in [1.807, 2.05) is 4.90 Å². The van der Waals surface area contributed by atoms with Crippen molar-refractivity contribution in [2.75, 3.05) is 13.1 Å². The van der Waals surface area contributed by atoms with Gasteiger partial charge in [-0.25, -0.2) is 0 Å². The number of rotatable bonds is 3. The molecule has 0 aromatic heterocycles. The van der Waals surface area contributed by atoms with Crippen LogP contribution in [0.3, 0.4) is 0 Å². The van der Waals surface area contributed by atoms with Crippen LogP contribution in [0.1, 0.15) is 46.0 Å². The van der Waals surface area contributed by atoms with E-state index in [2.05, 4.69) is 13.8 Å². The van der Waals surface area contributed by atoms with E-state index in [1.165, 1.54) is 25.7 Å². The SMILES string of the molecule is CC(C)C[C@H](N)C(=O)N1C[C@H]2CCCC[C@@H]2C1. The topological polar surface area (TPSA) is 46.3 Å². The molecule has 0 bridgehead atoms. The molecule has 2 aliphatic rings. The Balaban J connectivity index is 1.88. The summed E-state index contributed by atoms with van der Waals surface area (Å²) in [6, 6.07) is -0.282. The minimum Gasteiger partial charge on any atom is -0.341 e. The van der Waals surface area contributed by atoms with Crippen LogP contribution in [-0.4, -0.2) is 29.9 Å². The van der Waals surface area contributed by atoms with Crippen molar-refractivity contribution in [1.82, 2.24) is 4.90 Å². The Morgan fingerprint density at radius 3 is 2.24 bits per heavy atom. The molecule has 3 atom stereocenters. The van der Waals surface area contributed by atoms with E-state index >= 15 is 0 Å². The van der Waals surface area contributed by atoms with Crippen molar-refractivity contribution in [2.24, 2.45) is 23.5 Å². The fraction of sp³-hybridized carbons (Fsp3) is 0.929. The van der Waals surface area contributed by atoms with Gasteiger partial charge in [-0.1, -0.05) is 26.7 Å². The molecule has 3 nitrogen and oxygen atoms in total. The lowest BCUT2D eigenvalue weighted by atomic mass is 9.82. The Morgan fingerprint density at radius 2 is 1.76 bits per heavy atom. The summed E-state index contributed by atoms with van der Waals surface area (Å²) in [5.41, 5.74) is 6.00. The van der Waals surface area contributed by atoms with E-state index in [-0.39, 0.29) is 11.9 Å². The van der Waals surface area contributed by atoms with Gasteiger partial charge in [0.05, 0.1) is 6.04 Å². The van der Waals surface area contributed by atoms with Crippen molar-refractivity contribution in [2.45, 2.75) is 52.0 Å². The molecule has 1 saturated heterocycles. The predicted octanol–water partition coefficient (Wildman–Crippen LogP) is 2.01. The average Bonchev–Trinajstić information content (AvgIpc) is 2.70. The van der Waals surface area contributed by atoms with E-state index in [0.717, 1.165) is 31.3 Å². The summed E-state index contributed by atoms with van der Waals surface area (Å²) in [6.07, 6.45) is 6.13. The maximum absolute atomic E-state index is 12.2. The molecule has 2 rings (SSSR count). The number of carbonyl (C=O) groups is 1. The third-order valence-corrected chi connectivity index (χ3v) is 4.33. The van der Waals surface area contributed by atoms with Crippen LogP contribution < -0.4 is 5.73 Å². The molecule has 0 aromatic carbocycles. The lowest BCUT2D eigenvalue weighted by molar-refractivity contribution is -0.132. The molecule has 1 aliphatic carbocycles. The Kier molecular flexibility index (Phi) is 4.08. The first-order valence-corrected chi connectivity index (χ1v) is 7.12. The molecule has 0 unspecified atom stereocenters. The van der Waals surface area contributed by atoms with Crippen molar-refractivity contribution in [3.63, 3.8) is 0 Å². The van der Waals surface area contributed by atoms with Gasteiger partial charge in [-0.15, -0.1) is 0 Å². The number of nitrogens with two attached hydrogens (primary N) is 1. The van der Waals surface area contributed by atoms with E-state index < -0.39 is 0 Å². The first-order chi connectivity index (χ1) is 8.08. The van der Waals surface area contributed by atoms with Crippen molar-refractivity contribution in [1.29, 1.82) is 0 Å². The fourth-order valence-electron chi connectivity index (χ4n) is 3.43. The Morgan fingerprint density at radius 1 is 1.24 bits per heavy atom. The molecule has 1 saturated carbocycles. The molecule has 0 radical (unpaired) electrons. The zero-order valence-corrected chi connectivity index (χ0v) is 11.2. The van der Waals surface area contributed by atoms with Crippen molar-refractivity contribution in [3.05, 3.63) is 0 Å². The normalized spacial score (nSPS) is 30.5. The second kappa shape index (κ2) is 5.38. The van der Waals surface area contributed by atoms with Crippen LogP contribution in [0.5, 0.6) is 0 Å². The van der Waals surface area contributed by atoms with Gasteiger partial charge < -0.3 is 10.6 Å². The minimum atomic E-state index is -0.282. The number of hydrogen-bond acceptors (Lipinski definition) is 2. The van der Waals surface area contributed by atoms with Gasteiger partial charge in [-0.05, 0) is 37.0 Å². The van der Waals surface area contributed by atoms with Gasteiger partial charge in [0.25, 0.3) is 0 Å². The second-order valence-corrected chi connectivity index (χ2v) is 6.28. The maximum atomic E-state index is 12.2. The molecular formula is C14H26N2O. The third kappa shape index (κ3) is 3.01. The molecule has 2 fully saturated rings. The zero-order chi connectivity index (χ0) is 12.4. The molecule has 1 aliphatic heterocycles. The number of nitrogens with zero attached hydrogens (tertiary/aromatic N) is 1. The monoisotopic (exact) mass is 238 g/mol. The molecule has 2 N–H and O–H groups in total. The quantitative estimate of drug-likeness (QED) is 0.817. The van der Waals surface area contributed by atoms with E-state index in [9.17, 15) is 4.79 Å². The second-order valence-electron chi connectivity index (χ2n) is 6.28. The largest absolute Gasteiger partial charge is 0.341 e. The lowest BCUT2D eigenvalue weighted by Crippen LogP contribution is -2.43. The summed E-state index contributed by atoms with van der Waals surface area (Å²) in [4.78, 5) is 14.3.